The van der Waals surface area contributed by atoms with Crippen LogP contribution in [-0.4, -0.2) is 23.9 Å². The summed E-state index contributed by atoms with van der Waals surface area (Å²) in [5.74, 6) is 0. The first-order chi connectivity index (χ1) is 8.34. The number of rotatable bonds is 0. The van der Waals surface area contributed by atoms with E-state index in [2.05, 4.69) is 53.8 Å². The number of hydrogen-bond acceptors (Lipinski definition) is 1. The molecule has 4 rings (SSSR count). The molecule has 0 unspecified atom stereocenters. The molecule has 0 amide bonds. The van der Waals surface area contributed by atoms with Gasteiger partial charge in [0.2, 0.25) is 0 Å². The molecule has 0 fully saturated rings. The van der Waals surface area contributed by atoms with Crippen LogP contribution in [0.15, 0.2) is 42.5 Å². The molecule has 0 bridgehead atoms. The minimum absolute atomic E-state index is 0.347. The van der Waals surface area contributed by atoms with Gasteiger partial charge in [0.25, 0.3) is 0 Å². The third-order valence-corrected chi connectivity index (χ3v) is 5.66. The molecule has 0 saturated heterocycles. The molecule has 4 aromatic rings. The summed E-state index contributed by atoms with van der Waals surface area (Å²) in [6.45, 7) is 2.19. The number of nitrogens with zero attached hydrogens (tertiary/aromatic N) is 2. The zero-order valence-electron chi connectivity index (χ0n) is 9.34. The molecule has 2 aromatic carbocycles. The van der Waals surface area contributed by atoms with Crippen LogP contribution in [0.4, 0.5) is 0 Å². The van der Waals surface area contributed by atoms with E-state index in [1.807, 2.05) is 0 Å². The third-order valence-electron chi connectivity index (χ3n) is 3.16. The van der Waals surface area contributed by atoms with Crippen LogP contribution in [-0.2, 0) is 0 Å². The van der Waals surface area contributed by atoms with Gasteiger partial charge in [-0.15, -0.1) is 0 Å². The van der Waals surface area contributed by atoms with Gasteiger partial charge in [-0.05, 0) is 0 Å². The number of benzene rings is 2. The molecule has 17 heavy (non-hydrogen) atoms. The van der Waals surface area contributed by atoms with Crippen molar-refractivity contribution in [1.82, 2.24) is 9.38 Å². The fourth-order valence-corrected chi connectivity index (χ4v) is 4.67. The Morgan fingerprint density at radius 2 is 1.82 bits per heavy atom. The molecule has 82 valence electrons. The van der Waals surface area contributed by atoms with Crippen LogP contribution in [0.2, 0.25) is 0 Å². The number of fused-ring (bicyclic) bond motifs is 5. The summed E-state index contributed by atoms with van der Waals surface area (Å²) in [6.07, 6.45) is 0. The van der Waals surface area contributed by atoms with E-state index in [0.29, 0.717) is 14.5 Å². The van der Waals surface area contributed by atoms with Crippen molar-refractivity contribution in [2.24, 2.45) is 0 Å². The third kappa shape index (κ3) is 1.18. The van der Waals surface area contributed by atoms with Gasteiger partial charge in [0.05, 0.1) is 0 Å². The normalized spacial score (nSPS) is 11.8. The summed E-state index contributed by atoms with van der Waals surface area (Å²) in [6, 6.07) is 14.9. The SMILES string of the molecule is Cc1cccc2c1[se]c1nc3ccccc3n12. The Bertz CT molecular complexity index is 854. The van der Waals surface area contributed by atoms with Crippen LogP contribution in [0.1, 0.15) is 5.56 Å². The second-order valence-corrected chi connectivity index (χ2v) is 6.29. The Labute approximate surface area is 104 Å². The summed E-state index contributed by atoms with van der Waals surface area (Å²) in [5, 5.41) is 0. The molecular weight excluding hydrogens is 275 g/mol. The van der Waals surface area contributed by atoms with Crippen molar-refractivity contribution in [2.75, 3.05) is 0 Å². The molecule has 2 aromatic heterocycles. The van der Waals surface area contributed by atoms with Crippen molar-refractivity contribution < 1.29 is 0 Å². The Hall–Kier alpha value is -1.57. The summed E-state index contributed by atoms with van der Waals surface area (Å²) in [5.41, 5.74) is 5.05. The van der Waals surface area contributed by atoms with Crippen molar-refractivity contribution >= 4 is 39.8 Å². The van der Waals surface area contributed by atoms with E-state index in [1.54, 1.807) is 0 Å². The van der Waals surface area contributed by atoms with Crippen LogP contribution in [0.25, 0.3) is 25.3 Å². The second-order valence-electron chi connectivity index (χ2n) is 4.24. The summed E-state index contributed by atoms with van der Waals surface area (Å²) in [4.78, 5) is 4.74. The van der Waals surface area contributed by atoms with Crippen molar-refractivity contribution in [1.29, 1.82) is 0 Å². The van der Waals surface area contributed by atoms with E-state index < -0.39 is 0 Å². The van der Waals surface area contributed by atoms with Gasteiger partial charge in [0, 0.05) is 0 Å². The maximum atomic E-state index is 4.74. The van der Waals surface area contributed by atoms with Gasteiger partial charge in [-0.1, -0.05) is 0 Å². The Morgan fingerprint density at radius 1 is 1.00 bits per heavy atom. The van der Waals surface area contributed by atoms with E-state index in [1.165, 1.54) is 25.4 Å². The molecule has 0 aliphatic heterocycles. The van der Waals surface area contributed by atoms with E-state index in [-0.39, 0.29) is 0 Å². The molecule has 0 aliphatic rings. The zero-order chi connectivity index (χ0) is 11.4. The molecule has 0 spiro atoms. The number of aromatic nitrogens is 2. The Balaban J connectivity index is 2.36. The van der Waals surface area contributed by atoms with Crippen molar-refractivity contribution in [2.45, 2.75) is 6.92 Å². The van der Waals surface area contributed by atoms with Crippen LogP contribution >= 0.6 is 0 Å². The van der Waals surface area contributed by atoms with Gasteiger partial charge in [-0.25, -0.2) is 0 Å². The Morgan fingerprint density at radius 3 is 2.76 bits per heavy atom. The average Bonchev–Trinajstić information content (AvgIpc) is 2.85. The standard InChI is InChI=1S/C14H10N2Se/c1-9-5-4-8-12-13(9)17-14-15-10-6-2-3-7-11(10)16(12)14/h2-8H,1H3. The number of imidazole rings is 1. The fourth-order valence-electron chi connectivity index (χ4n) is 2.34. The van der Waals surface area contributed by atoms with Gasteiger partial charge in [0.15, 0.2) is 0 Å². The number of para-hydroxylation sites is 2. The first-order valence-electron chi connectivity index (χ1n) is 5.60. The van der Waals surface area contributed by atoms with Crippen molar-refractivity contribution in [3.63, 3.8) is 0 Å². The molecule has 0 radical (unpaired) electrons. The van der Waals surface area contributed by atoms with Gasteiger partial charge >= 0.3 is 104 Å². The topological polar surface area (TPSA) is 17.3 Å². The average molecular weight is 285 g/mol. The van der Waals surface area contributed by atoms with Gasteiger partial charge in [-0.2, -0.15) is 0 Å². The van der Waals surface area contributed by atoms with Crippen LogP contribution in [0.3, 0.4) is 0 Å². The van der Waals surface area contributed by atoms with Gasteiger partial charge in [0.1, 0.15) is 0 Å². The second kappa shape index (κ2) is 3.22. The van der Waals surface area contributed by atoms with E-state index >= 15 is 0 Å². The summed E-state index contributed by atoms with van der Waals surface area (Å²) < 4.78 is 5.02. The molecule has 3 heteroatoms. The Kier molecular flexibility index (Phi) is 1.79. The van der Waals surface area contributed by atoms with Crippen LogP contribution in [0.5, 0.6) is 0 Å². The van der Waals surface area contributed by atoms with Gasteiger partial charge in [-0.3, -0.25) is 0 Å². The fraction of sp³-hybridized carbons (Fsp3) is 0.0714. The molecule has 2 nitrogen and oxygen atoms in total. The van der Waals surface area contributed by atoms with Crippen LogP contribution in [0, 0.1) is 6.92 Å². The predicted octanol–water partition coefficient (Wildman–Crippen LogP) is 3.01. The first-order valence-corrected chi connectivity index (χ1v) is 7.31. The summed E-state index contributed by atoms with van der Waals surface area (Å²) >= 11 is 0.347. The summed E-state index contributed by atoms with van der Waals surface area (Å²) in [7, 11) is 0. The van der Waals surface area contributed by atoms with E-state index in [0.717, 1.165) is 5.52 Å². The van der Waals surface area contributed by atoms with Crippen molar-refractivity contribution in [3.8, 4) is 0 Å². The minimum atomic E-state index is 0.347. The molecule has 0 saturated carbocycles. The molecular formula is C14H10N2Se. The number of aryl methyl sites for hydroxylation is 1. The molecule has 0 atom stereocenters. The first kappa shape index (κ1) is 9.46. The monoisotopic (exact) mass is 286 g/mol. The van der Waals surface area contributed by atoms with Crippen LogP contribution < -0.4 is 0 Å². The van der Waals surface area contributed by atoms with Gasteiger partial charge < -0.3 is 0 Å². The van der Waals surface area contributed by atoms with E-state index in [9.17, 15) is 0 Å². The molecule has 2 heterocycles. The number of hydrogen-bond donors (Lipinski definition) is 0. The molecule has 0 N–H and O–H groups in total. The maximum absolute atomic E-state index is 4.74. The molecule has 0 aliphatic carbocycles. The zero-order valence-corrected chi connectivity index (χ0v) is 11.1. The van der Waals surface area contributed by atoms with E-state index in [4.69, 9.17) is 4.98 Å². The van der Waals surface area contributed by atoms with Crippen molar-refractivity contribution in [3.05, 3.63) is 48.0 Å². The quantitative estimate of drug-likeness (QED) is 0.454. The predicted molar refractivity (Wildman–Crippen MR) is 71.9 cm³/mol.